The molecular formula is C28H29FN6O2. The molecule has 0 aliphatic carbocycles. The largest absolute Gasteiger partial charge is 0.467 e. The fraction of sp³-hybridized carbons (Fsp3) is 0.286. The first kappa shape index (κ1) is 24.6. The molecule has 0 spiro atoms. The molecule has 5 rings (SSSR count). The zero-order valence-electron chi connectivity index (χ0n) is 21.1. The molecule has 0 saturated carbocycles. The van der Waals surface area contributed by atoms with Crippen molar-refractivity contribution in [3.63, 3.8) is 0 Å². The number of pyridine rings is 1. The Morgan fingerprint density at radius 1 is 1.11 bits per heavy atom. The van der Waals surface area contributed by atoms with E-state index >= 15 is 0 Å². The van der Waals surface area contributed by atoms with Crippen molar-refractivity contribution in [3.05, 3.63) is 111 Å². The van der Waals surface area contributed by atoms with Gasteiger partial charge in [0.1, 0.15) is 18.1 Å². The number of hydrogen-bond acceptors (Lipinski definition) is 6. The Morgan fingerprint density at radius 3 is 2.65 bits per heavy atom. The molecule has 1 atom stereocenters. The minimum atomic E-state index is -0.290. The Morgan fingerprint density at radius 2 is 1.92 bits per heavy atom. The summed E-state index contributed by atoms with van der Waals surface area (Å²) in [5.41, 5.74) is 4.48. The fourth-order valence-electron chi connectivity index (χ4n) is 4.72. The van der Waals surface area contributed by atoms with Crippen molar-refractivity contribution >= 4 is 10.9 Å². The molecule has 3 aromatic heterocycles. The van der Waals surface area contributed by atoms with Crippen LogP contribution >= 0.6 is 0 Å². The second-order valence-electron chi connectivity index (χ2n) is 9.32. The molecule has 0 saturated heterocycles. The molecule has 3 heterocycles. The van der Waals surface area contributed by atoms with Crippen LogP contribution in [0.25, 0.3) is 10.9 Å². The number of furan rings is 1. The normalized spacial score (nSPS) is 12.5. The number of tetrazole rings is 1. The summed E-state index contributed by atoms with van der Waals surface area (Å²) in [6, 6.07) is 16.0. The van der Waals surface area contributed by atoms with Gasteiger partial charge >= 0.3 is 0 Å². The number of nitrogens with one attached hydrogen (secondary N) is 1. The maximum absolute atomic E-state index is 13.6. The lowest BCUT2D eigenvalue weighted by Gasteiger charge is -2.30. The van der Waals surface area contributed by atoms with Gasteiger partial charge in [0, 0.05) is 18.7 Å². The first-order valence-corrected chi connectivity index (χ1v) is 12.3. The summed E-state index contributed by atoms with van der Waals surface area (Å²) in [5.74, 6) is 1.12. The van der Waals surface area contributed by atoms with Crippen molar-refractivity contribution in [3.8, 4) is 0 Å². The summed E-state index contributed by atoms with van der Waals surface area (Å²) in [6.45, 7) is 7.35. The predicted molar refractivity (Wildman–Crippen MR) is 138 cm³/mol. The lowest BCUT2D eigenvalue weighted by atomic mass is 10.0. The average molecular weight is 501 g/mol. The number of fused-ring (bicyclic) bond motifs is 1. The summed E-state index contributed by atoms with van der Waals surface area (Å²) in [7, 11) is 0. The minimum absolute atomic E-state index is 0.129. The van der Waals surface area contributed by atoms with E-state index in [1.165, 1.54) is 12.1 Å². The van der Waals surface area contributed by atoms with E-state index in [0.29, 0.717) is 37.4 Å². The Bertz CT molecular complexity index is 1560. The van der Waals surface area contributed by atoms with E-state index in [2.05, 4.69) is 38.4 Å². The molecule has 0 aliphatic heterocycles. The summed E-state index contributed by atoms with van der Waals surface area (Å²) in [5, 5.41) is 13.5. The monoisotopic (exact) mass is 500 g/mol. The van der Waals surface area contributed by atoms with Crippen LogP contribution < -0.4 is 5.56 Å². The van der Waals surface area contributed by atoms with Gasteiger partial charge in [-0.3, -0.25) is 9.69 Å². The van der Waals surface area contributed by atoms with Gasteiger partial charge in [0.25, 0.3) is 5.56 Å². The quantitative estimate of drug-likeness (QED) is 0.304. The van der Waals surface area contributed by atoms with Gasteiger partial charge in [0.15, 0.2) is 5.82 Å². The van der Waals surface area contributed by atoms with E-state index in [1.54, 1.807) is 23.1 Å². The van der Waals surface area contributed by atoms with E-state index in [1.807, 2.05) is 38.1 Å². The maximum Gasteiger partial charge on any atom is 0.252 e. The van der Waals surface area contributed by atoms with Crippen molar-refractivity contribution < 1.29 is 8.81 Å². The molecule has 1 N–H and O–H groups in total. The molecule has 0 aliphatic rings. The third-order valence-corrected chi connectivity index (χ3v) is 6.87. The Kier molecular flexibility index (Phi) is 6.96. The van der Waals surface area contributed by atoms with E-state index in [0.717, 1.165) is 33.4 Å². The average Bonchev–Trinajstić information content (AvgIpc) is 3.57. The lowest BCUT2D eigenvalue weighted by molar-refractivity contribution is 0.161. The van der Waals surface area contributed by atoms with E-state index in [9.17, 15) is 9.18 Å². The topological polar surface area (TPSA) is 92.8 Å². The third kappa shape index (κ3) is 5.22. The van der Waals surface area contributed by atoms with Gasteiger partial charge < -0.3 is 9.40 Å². The van der Waals surface area contributed by atoms with Gasteiger partial charge in [-0.05, 0) is 83.1 Å². The minimum Gasteiger partial charge on any atom is -0.467 e. The van der Waals surface area contributed by atoms with Crippen LogP contribution in [0.3, 0.4) is 0 Å². The molecule has 5 aromatic rings. The summed E-state index contributed by atoms with van der Waals surface area (Å²) in [4.78, 5) is 18.5. The number of halogens is 1. The molecule has 0 unspecified atom stereocenters. The molecule has 0 bridgehead atoms. The Hall–Kier alpha value is -4.11. The van der Waals surface area contributed by atoms with E-state index in [-0.39, 0.29) is 17.4 Å². The molecule has 0 radical (unpaired) electrons. The number of aromatic amines is 1. The predicted octanol–water partition coefficient (Wildman–Crippen LogP) is 5.07. The first-order chi connectivity index (χ1) is 17.9. The number of hydrogen-bond donors (Lipinski definition) is 1. The number of aryl methyl sites for hydroxylation is 2. The zero-order valence-corrected chi connectivity index (χ0v) is 21.1. The highest BCUT2D eigenvalue weighted by molar-refractivity contribution is 5.83. The van der Waals surface area contributed by atoms with Crippen LogP contribution in [0.2, 0.25) is 0 Å². The second kappa shape index (κ2) is 10.5. The van der Waals surface area contributed by atoms with Crippen LogP contribution in [0.15, 0.2) is 70.1 Å². The molecule has 8 nitrogen and oxygen atoms in total. The fourth-order valence-corrected chi connectivity index (χ4v) is 4.72. The standard InChI is InChI=1S/C28H29FN6O2/c1-4-25(27-31-32-33-35(27)17-24-6-5-13-37-24)34(15-20-8-11-23(29)12-9-20)16-22-14-21-10-7-18(2)19(3)26(21)30-28(22)36/h5-14,25H,4,15-17H2,1-3H3,(H,30,36)/t25-/m1/s1. The maximum atomic E-state index is 13.6. The van der Waals surface area contributed by atoms with Gasteiger partial charge in [0.2, 0.25) is 0 Å². The van der Waals surface area contributed by atoms with Gasteiger partial charge in [-0.15, -0.1) is 5.10 Å². The Labute approximate surface area is 213 Å². The van der Waals surface area contributed by atoms with Crippen LogP contribution in [-0.2, 0) is 19.6 Å². The molecular weight excluding hydrogens is 471 g/mol. The number of rotatable bonds is 9. The highest BCUT2D eigenvalue weighted by Gasteiger charge is 2.26. The molecule has 0 amide bonds. The molecule has 190 valence electrons. The smallest absolute Gasteiger partial charge is 0.252 e. The number of benzene rings is 2. The highest BCUT2D eigenvalue weighted by Crippen LogP contribution is 2.27. The number of aromatic nitrogens is 5. The molecule has 9 heteroatoms. The van der Waals surface area contributed by atoms with Crippen molar-refractivity contribution in [2.75, 3.05) is 0 Å². The van der Waals surface area contributed by atoms with Crippen LogP contribution in [-0.4, -0.2) is 30.1 Å². The summed E-state index contributed by atoms with van der Waals surface area (Å²) < 4.78 is 20.8. The van der Waals surface area contributed by atoms with E-state index < -0.39 is 0 Å². The van der Waals surface area contributed by atoms with Crippen molar-refractivity contribution in [1.82, 2.24) is 30.1 Å². The molecule has 0 fully saturated rings. The van der Waals surface area contributed by atoms with Crippen LogP contribution in [0.1, 0.15) is 53.2 Å². The van der Waals surface area contributed by atoms with Crippen LogP contribution in [0.4, 0.5) is 4.39 Å². The molecule has 37 heavy (non-hydrogen) atoms. The van der Waals surface area contributed by atoms with Crippen molar-refractivity contribution in [2.45, 2.75) is 52.9 Å². The SMILES string of the molecule is CC[C@H](c1nnnn1Cc1ccco1)N(Cc1ccc(F)cc1)Cc1cc2ccc(C)c(C)c2[nH]c1=O. The van der Waals surface area contributed by atoms with Crippen LogP contribution in [0, 0.1) is 19.7 Å². The van der Waals surface area contributed by atoms with Gasteiger partial charge in [-0.25, -0.2) is 9.07 Å². The highest BCUT2D eigenvalue weighted by atomic mass is 19.1. The first-order valence-electron chi connectivity index (χ1n) is 12.3. The van der Waals surface area contributed by atoms with E-state index in [4.69, 9.17) is 4.42 Å². The van der Waals surface area contributed by atoms with Crippen molar-refractivity contribution in [1.29, 1.82) is 0 Å². The summed E-state index contributed by atoms with van der Waals surface area (Å²) in [6.07, 6.45) is 2.32. The number of nitrogens with zero attached hydrogens (tertiary/aromatic N) is 5. The number of H-pyrrole nitrogens is 1. The van der Waals surface area contributed by atoms with Crippen molar-refractivity contribution in [2.24, 2.45) is 0 Å². The van der Waals surface area contributed by atoms with Gasteiger partial charge in [0.05, 0.1) is 17.8 Å². The van der Waals surface area contributed by atoms with Gasteiger partial charge in [-0.1, -0.05) is 31.2 Å². The van der Waals surface area contributed by atoms with Gasteiger partial charge in [-0.2, -0.15) is 0 Å². The Balaban J connectivity index is 1.53. The van der Waals surface area contributed by atoms with Crippen LogP contribution in [0.5, 0.6) is 0 Å². The molecule has 2 aromatic carbocycles. The lowest BCUT2D eigenvalue weighted by Crippen LogP contribution is -2.32. The summed E-state index contributed by atoms with van der Waals surface area (Å²) >= 11 is 0. The third-order valence-electron chi connectivity index (χ3n) is 6.87. The zero-order chi connectivity index (χ0) is 25.9. The second-order valence-corrected chi connectivity index (χ2v) is 9.32.